The topological polar surface area (TPSA) is 71.1 Å². The molecule has 1 rings (SSSR count). The van der Waals surface area contributed by atoms with Gasteiger partial charge in [0.15, 0.2) is 5.41 Å². The first kappa shape index (κ1) is 22.3. The van der Waals surface area contributed by atoms with E-state index in [4.69, 9.17) is 18.8 Å². The van der Waals surface area contributed by atoms with E-state index in [0.29, 0.717) is 6.32 Å². The Kier molecular flexibility index (Phi) is 7.49. The summed E-state index contributed by atoms with van der Waals surface area (Å²) in [6, 6.07) is 0. The van der Waals surface area contributed by atoms with Crippen molar-refractivity contribution in [3.05, 3.63) is 12.2 Å². The highest BCUT2D eigenvalue weighted by molar-refractivity contribution is 6.46. The Bertz CT molecular complexity index is 579. The molecule has 1 saturated heterocycles. The average molecular weight is 364 g/mol. The predicted octanol–water partition coefficient (Wildman–Crippen LogP) is 2.77. The van der Waals surface area contributed by atoms with Gasteiger partial charge in [0, 0.05) is 12.7 Å². The number of ether oxygens (including phenoxy) is 2. The zero-order chi connectivity index (χ0) is 20.0. The number of allylic oxidation sites excluding steroid dienone is 2. The maximum Gasteiger partial charge on any atom is 0.461 e. The Morgan fingerprint density at radius 2 is 1.54 bits per heavy atom. The van der Waals surface area contributed by atoms with Gasteiger partial charge in [-0.15, -0.1) is 11.8 Å². The molecule has 0 aromatic rings. The summed E-state index contributed by atoms with van der Waals surface area (Å²) in [7, 11) is 2.11. The summed E-state index contributed by atoms with van der Waals surface area (Å²) in [5, 5.41) is 0. The van der Waals surface area contributed by atoms with Crippen molar-refractivity contribution < 1.29 is 28.4 Å². The molecule has 6 nitrogen and oxygen atoms in total. The van der Waals surface area contributed by atoms with Crippen LogP contribution in [0.25, 0.3) is 0 Å². The first-order chi connectivity index (χ1) is 12.1. The van der Waals surface area contributed by atoms with E-state index in [1.54, 1.807) is 13.0 Å². The fourth-order valence-electron chi connectivity index (χ4n) is 2.65. The lowest BCUT2D eigenvalue weighted by Gasteiger charge is -2.32. The number of carbonyl (C=O) groups is 2. The third kappa shape index (κ3) is 4.69. The molecule has 1 heterocycles. The van der Waals surface area contributed by atoms with Crippen molar-refractivity contribution in [2.24, 2.45) is 5.41 Å². The number of rotatable bonds is 7. The number of carbonyl (C=O) groups excluding carboxylic acids is 2. The quantitative estimate of drug-likeness (QED) is 0.227. The summed E-state index contributed by atoms with van der Waals surface area (Å²) in [5.41, 5.74) is -2.27. The van der Waals surface area contributed by atoms with Crippen molar-refractivity contribution in [3.8, 4) is 11.8 Å². The van der Waals surface area contributed by atoms with Gasteiger partial charge in [0.05, 0.1) is 25.4 Å². The summed E-state index contributed by atoms with van der Waals surface area (Å²) in [4.78, 5) is 24.6. The summed E-state index contributed by atoms with van der Waals surface area (Å²) >= 11 is 0. The van der Waals surface area contributed by atoms with E-state index in [9.17, 15) is 9.59 Å². The molecule has 0 spiro atoms. The van der Waals surface area contributed by atoms with Crippen molar-refractivity contribution in [2.45, 2.75) is 65.0 Å². The van der Waals surface area contributed by atoms with Crippen LogP contribution in [0.2, 0.25) is 6.32 Å². The van der Waals surface area contributed by atoms with Gasteiger partial charge in [0.2, 0.25) is 0 Å². The highest BCUT2D eigenvalue weighted by Gasteiger charge is 2.50. The molecular formula is C19H29BO6. The number of methoxy groups -OCH3 is 2. The molecule has 0 bridgehead atoms. The van der Waals surface area contributed by atoms with Crippen LogP contribution in [0.1, 0.15) is 47.5 Å². The Morgan fingerprint density at radius 1 is 1.04 bits per heavy atom. The molecule has 1 aliphatic rings. The average Bonchev–Trinajstić information content (AvgIpc) is 2.80. The first-order valence-corrected chi connectivity index (χ1v) is 8.63. The van der Waals surface area contributed by atoms with Gasteiger partial charge in [-0.3, -0.25) is 9.59 Å². The van der Waals surface area contributed by atoms with Gasteiger partial charge in [-0.1, -0.05) is 12.2 Å². The van der Waals surface area contributed by atoms with Gasteiger partial charge >= 0.3 is 19.1 Å². The van der Waals surface area contributed by atoms with E-state index < -0.39 is 28.6 Å². The fraction of sp³-hybridized carbons (Fsp3) is 0.684. The molecular weight excluding hydrogens is 335 g/mol. The Hall–Kier alpha value is -1.78. The van der Waals surface area contributed by atoms with Crippen LogP contribution in [0.15, 0.2) is 12.2 Å². The van der Waals surface area contributed by atoms with Crippen LogP contribution in [0, 0.1) is 17.3 Å². The maximum absolute atomic E-state index is 12.3. The van der Waals surface area contributed by atoms with E-state index in [2.05, 4.69) is 11.8 Å². The van der Waals surface area contributed by atoms with Crippen molar-refractivity contribution in [2.75, 3.05) is 14.2 Å². The summed E-state index contributed by atoms with van der Waals surface area (Å²) < 4.78 is 21.5. The molecule has 0 aromatic carbocycles. The van der Waals surface area contributed by atoms with Crippen molar-refractivity contribution >= 4 is 19.1 Å². The van der Waals surface area contributed by atoms with E-state index >= 15 is 0 Å². The number of esters is 2. The number of hydrogen-bond acceptors (Lipinski definition) is 6. The molecule has 144 valence electrons. The minimum absolute atomic E-state index is 0.0314. The van der Waals surface area contributed by atoms with E-state index in [1.165, 1.54) is 14.2 Å². The second-order valence-electron chi connectivity index (χ2n) is 7.27. The highest BCUT2D eigenvalue weighted by Crippen LogP contribution is 2.38. The van der Waals surface area contributed by atoms with Crippen LogP contribution in [-0.4, -0.2) is 44.5 Å². The van der Waals surface area contributed by atoms with Gasteiger partial charge in [-0.25, -0.2) is 0 Å². The standard InChI is InChI=1S/C19H29BO6/c1-8-9-12-19(15(21)23-6,16(22)24-7)13-10-11-14-20-25-17(2,3)18(4,5)26-20/h10-11H,12-14H2,1-7H3/b11-10-. The summed E-state index contributed by atoms with van der Waals surface area (Å²) in [5.74, 6) is 4.17. The third-order valence-electron chi connectivity index (χ3n) is 4.98. The smallest absolute Gasteiger partial charge is 0.461 e. The van der Waals surface area contributed by atoms with Crippen molar-refractivity contribution in [1.29, 1.82) is 0 Å². The van der Waals surface area contributed by atoms with Crippen LogP contribution < -0.4 is 0 Å². The van der Waals surface area contributed by atoms with Crippen LogP contribution in [0.5, 0.6) is 0 Å². The largest absolute Gasteiger partial charge is 0.468 e. The fourth-order valence-corrected chi connectivity index (χ4v) is 2.65. The van der Waals surface area contributed by atoms with Crippen LogP contribution >= 0.6 is 0 Å². The molecule has 0 unspecified atom stereocenters. The van der Waals surface area contributed by atoms with Gasteiger partial charge < -0.3 is 18.8 Å². The lowest BCUT2D eigenvalue weighted by Crippen LogP contribution is -2.41. The Balaban J connectivity index is 2.86. The van der Waals surface area contributed by atoms with Gasteiger partial charge in [-0.05, 0) is 41.0 Å². The molecule has 0 amide bonds. The monoisotopic (exact) mass is 364 g/mol. The Labute approximate surface area is 156 Å². The molecule has 0 aromatic heterocycles. The van der Waals surface area contributed by atoms with E-state index in [0.717, 1.165) is 0 Å². The molecule has 0 atom stereocenters. The second-order valence-corrected chi connectivity index (χ2v) is 7.27. The van der Waals surface area contributed by atoms with Crippen molar-refractivity contribution in [3.63, 3.8) is 0 Å². The minimum atomic E-state index is -1.47. The zero-order valence-corrected chi connectivity index (χ0v) is 16.8. The van der Waals surface area contributed by atoms with E-state index in [-0.39, 0.29) is 20.0 Å². The lowest BCUT2D eigenvalue weighted by atomic mass is 9.79. The van der Waals surface area contributed by atoms with Crippen LogP contribution in [0.4, 0.5) is 0 Å². The minimum Gasteiger partial charge on any atom is -0.468 e. The van der Waals surface area contributed by atoms with E-state index in [1.807, 2.05) is 33.8 Å². The molecule has 26 heavy (non-hydrogen) atoms. The van der Waals surface area contributed by atoms with Gasteiger partial charge in [0.25, 0.3) is 0 Å². The number of hydrogen-bond donors (Lipinski definition) is 0. The van der Waals surface area contributed by atoms with Crippen molar-refractivity contribution in [1.82, 2.24) is 0 Å². The third-order valence-corrected chi connectivity index (χ3v) is 4.98. The summed E-state index contributed by atoms with van der Waals surface area (Å²) in [6.07, 6.45) is 4.24. The molecule has 0 aliphatic carbocycles. The molecule has 0 radical (unpaired) electrons. The molecule has 7 heteroatoms. The van der Waals surface area contributed by atoms with Gasteiger partial charge in [0.1, 0.15) is 0 Å². The second kappa shape index (κ2) is 8.74. The maximum atomic E-state index is 12.3. The summed E-state index contributed by atoms with van der Waals surface area (Å²) in [6.45, 7) is 9.59. The molecule has 1 fully saturated rings. The zero-order valence-electron chi connectivity index (χ0n) is 16.8. The normalized spacial score (nSPS) is 18.3. The first-order valence-electron chi connectivity index (χ1n) is 8.63. The molecule has 1 aliphatic heterocycles. The Morgan fingerprint density at radius 3 is 1.96 bits per heavy atom. The van der Waals surface area contributed by atoms with Crippen LogP contribution in [-0.2, 0) is 28.4 Å². The van der Waals surface area contributed by atoms with Crippen LogP contribution in [0.3, 0.4) is 0 Å². The lowest BCUT2D eigenvalue weighted by molar-refractivity contribution is -0.168. The predicted molar refractivity (Wildman–Crippen MR) is 99.2 cm³/mol. The molecule has 0 N–H and O–H groups in total. The van der Waals surface area contributed by atoms with Gasteiger partial charge in [-0.2, -0.15) is 0 Å². The SMILES string of the molecule is CC#CCC(C/C=C\CB1OC(C)(C)C(C)(C)O1)(C(=O)OC)C(=O)OC. The highest BCUT2D eigenvalue weighted by atomic mass is 16.7. The molecule has 0 saturated carbocycles.